The van der Waals surface area contributed by atoms with Crippen LogP contribution < -0.4 is 0 Å². The van der Waals surface area contributed by atoms with E-state index < -0.39 is 5.97 Å². The summed E-state index contributed by atoms with van der Waals surface area (Å²) in [5.74, 6) is -1.12. The number of carbonyl (C=O) groups is 2. The highest BCUT2D eigenvalue weighted by Gasteiger charge is 2.25. The molecule has 1 heterocycles. The molecule has 0 spiro atoms. The van der Waals surface area contributed by atoms with Gasteiger partial charge in [-0.1, -0.05) is 30.3 Å². The number of ether oxygens (including phenoxy) is 1. The molecule has 0 radical (unpaired) electrons. The third kappa shape index (κ3) is 3.98. The summed E-state index contributed by atoms with van der Waals surface area (Å²) in [6.07, 6.45) is 1.46. The number of aliphatic carboxylic acids is 1. The van der Waals surface area contributed by atoms with Crippen molar-refractivity contribution in [1.29, 1.82) is 0 Å². The molecule has 1 fully saturated rings. The molecule has 20 heavy (non-hydrogen) atoms. The lowest BCUT2D eigenvalue weighted by molar-refractivity contribution is -0.142. The van der Waals surface area contributed by atoms with Gasteiger partial charge >= 0.3 is 12.1 Å². The van der Waals surface area contributed by atoms with Crippen molar-refractivity contribution in [2.75, 3.05) is 13.1 Å². The fraction of sp³-hybridized carbons (Fsp3) is 0.467. The second-order valence-electron chi connectivity index (χ2n) is 4.99. The molecule has 0 unspecified atom stereocenters. The van der Waals surface area contributed by atoms with Gasteiger partial charge in [-0.25, -0.2) is 4.79 Å². The maximum absolute atomic E-state index is 12.0. The van der Waals surface area contributed by atoms with Crippen molar-refractivity contribution in [2.45, 2.75) is 25.9 Å². The van der Waals surface area contributed by atoms with Crippen LogP contribution in [0.3, 0.4) is 0 Å². The largest absolute Gasteiger partial charge is 0.481 e. The number of carbonyl (C=O) groups excluding carboxylic acids is 1. The Kier molecular flexibility index (Phi) is 4.98. The molecule has 0 aromatic heterocycles. The Hall–Kier alpha value is -2.04. The predicted molar refractivity (Wildman–Crippen MR) is 73.2 cm³/mol. The molecule has 5 heteroatoms. The lowest BCUT2D eigenvalue weighted by Gasteiger charge is -2.19. The summed E-state index contributed by atoms with van der Waals surface area (Å²) in [4.78, 5) is 24.5. The molecule has 108 valence electrons. The smallest absolute Gasteiger partial charge is 0.410 e. The van der Waals surface area contributed by atoms with E-state index >= 15 is 0 Å². The maximum Gasteiger partial charge on any atom is 0.410 e. The number of carboxylic acids is 1. The monoisotopic (exact) mass is 277 g/mol. The van der Waals surface area contributed by atoms with Gasteiger partial charge in [0.2, 0.25) is 0 Å². The summed E-state index contributed by atoms with van der Waals surface area (Å²) in [6, 6.07) is 9.50. The van der Waals surface area contributed by atoms with E-state index in [-0.39, 0.29) is 18.6 Å². The van der Waals surface area contributed by atoms with Gasteiger partial charge in [0.25, 0.3) is 0 Å². The van der Waals surface area contributed by atoms with Crippen LogP contribution in [0.15, 0.2) is 30.3 Å². The molecule has 1 saturated heterocycles. The summed E-state index contributed by atoms with van der Waals surface area (Å²) < 4.78 is 5.26. The molecule has 1 aliphatic rings. The van der Waals surface area contributed by atoms with E-state index in [9.17, 15) is 9.59 Å². The quantitative estimate of drug-likeness (QED) is 0.921. The number of likely N-dealkylation sites (tertiary alicyclic amines) is 1. The van der Waals surface area contributed by atoms with Gasteiger partial charge in [-0.15, -0.1) is 0 Å². The van der Waals surface area contributed by atoms with Crippen LogP contribution in [-0.2, 0) is 16.1 Å². The highest BCUT2D eigenvalue weighted by atomic mass is 16.6. The first-order valence-corrected chi connectivity index (χ1v) is 6.85. The minimum atomic E-state index is -0.774. The molecular formula is C15H19NO4. The number of rotatable bonds is 3. The lowest BCUT2D eigenvalue weighted by Crippen LogP contribution is -2.32. The molecular weight excluding hydrogens is 258 g/mol. The molecule has 1 atom stereocenters. The number of hydrogen-bond donors (Lipinski definition) is 1. The number of carboxylic acid groups (broad SMARTS) is 1. The van der Waals surface area contributed by atoms with E-state index in [1.165, 1.54) is 0 Å². The average molecular weight is 277 g/mol. The van der Waals surface area contributed by atoms with Crippen LogP contribution in [0.25, 0.3) is 0 Å². The normalized spacial score (nSPS) is 19.2. The highest BCUT2D eigenvalue weighted by Crippen LogP contribution is 2.18. The first-order valence-electron chi connectivity index (χ1n) is 6.85. The molecule has 2 rings (SSSR count). The maximum atomic E-state index is 12.0. The van der Waals surface area contributed by atoms with Crippen LogP contribution in [0.1, 0.15) is 24.8 Å². The highest BCUT2D eigenvalue weighted by molar-refractivity contribution is 5.71. The van der Waals surface area contributed by atoms with Crippen LogP contribution >= 0.6 is 0 Å². The zero-order chi connectivity index (χ0) is 14.4. The summed E-state index contributed by atoms with van der Waals surface area (Å²) in [5, 5.41) is 9.01. The molecule has 5 nitrogen and oxygen atoms in total. The molecule has 1 aromatic rings. The number of nitrogens with zero attached hydrogens (tertiary/aromatic N) is 1. The van der Waals surface area contributed by atoms with Gasteiger partial charge < -0.3 is 14.7 Å². The van der Waals surface area contributed by atoms with Crippen LogP contribution in [0.4, 0.5) is 4.79 Å². The Morgan fingerprint density at radius 3 is 2.65 bits per heavy atom. The third-order valence-electron chi connectivity index (χ3n) is 3.54. The summed E-state index contributed by atoms with van der Waals surface area (Å²) >= 11 is 0. The van der Waals surface area contributed by atoms with Gasteiger partial charge in [0.1, 0.15) is 6.61 Å². The summed E-state index contributed by atoms with van der Waals surface area (Å²) in [7, 11) is 0. The zero-order valence-corrected chi connectivity index (χ0v) is 11.3. The Bertz CT molecular complexity index is 460. The molecule has 0 bridgehead atoms. The van der Waals surface area contributed by atoms with Crippen LogP contribution in [0.5, 0.6) is 0 Å². The van der Waals surface area contributed by atoms with Gasteiger partial charge in [0.05, 0.1) is 5.92 Å². The van der Waals surface area contributed by atoms with Crippen LogP contribution in [-0.4, -0.2) is 35.2 Å². The van der Waals surface area contributed by atoms with E-state index in [4.69, 9.17) is 9.84 Å². The van der Waals surface area contributed by atoms with Crippen molar-refractivity contribution in [1.82, 2.24) is 4.90 Å². The van der Waals surface area contributed by atoms with Crippen molar-refractivity contribution in [3.63, 3.8) is 0 Å². The Morgan fingerprint density at radius 1 is 1.20 bits per heavy atom. The molecule has 1 amide bonds. The Balaban J connectivity index is 1.82. The second-order valence-corrected chi connectivity index (χ2v) is 4.99. The molecule has 1 aromatic carbocycles. The number of hydrogen-bond acceptors (Lipinski definition) is 3. The van der Waals surface area contributed by atoms with E-state index in [2.05, 4.69) is 0 Å². The van der Waals surface area contributed by atoms with Gasteiger partial charge in [-0.05, 0) is 24.8 Å². The second kappa shape index (κ2) is 6.93. The van der Waals surface area contributed by atoms with E-state index in [0.29, 0.717) is 32.4 Å². The molecule has 0 aliphatic carbocycles. The standard InChI is InChI=1S/C15H19NO4/c17-14(18)13-7-4-9-16(10-8-13)15(19)20-11-12-5-2-1-3-6-12/h1-3,5-6,13H,4,7-11H2,(H,17,18)/t13-/m1/s1. The molecule has 1 aliphatic heterocycles. The van der Waals surface area contributed by atoms with Gasteiger partial charge in [-0.2, -0.15) is 0 Å². The zero-order valence-electron chi connectivity index (χ0n) is 11.3. The molecule has 1 N–H and O–H groups in total. The minimum absolute atomic E-state index is 0.249. The summed E-state index contributed by atoms with van der Waals surface area (Å²) in [5.41, 5.74) is 0.944. The predicted octanol–water partition coefficient (Wildman–Crippen LogP) is 2.51. The van der Waals surface area contributed by atoms with Crippen molar-refractivity contribution < 1.29 is 19.4 Å². The third-order valence-corrected chi connectivity index (χ3v) is 3.54. The fourth-order valence-corrected chi connectivity index (χ4v) is 2.34. The topological polar surface area (TPSA) is 66.8 Å². The van der Waals surface area contributed by atoms with Crippen LogP contribution in [0, 0.1) is 5.92 Å². The average Bonchev–Trinajstić information content (AvgIpc) is 2.72. The number of amides is 1. The SMILES string of the molecule is O=C(O)[C@@H]1CCCN(C(=O)OCc2ccccc2)CC1. The lowest BCUT2D eigenvalue weighted by atomic mass is 10.0. The number of benzene rings is 1. The van der Waals surface area contributed by atoms with Crippen molar-refractivity contribution in [2.24, 2.45) is 5.92 Å². The van der Waals surface area contributed by atoms with Gasteiger partial charge in [0.15, 0.2) is 0 Å². The Labute approximate surface area is 118 Å². The fourth-order valence-electron chi connectivity index (χ4n) is 2.34. The minimum Gasteiger partial charge on any atom is -0.481 e. The van der Waals surface area contributed by atoms with E-state index in [0.717, 1.165) is 5.56 Å². The van der Waals surface area contributed by atoms with Crippen LogP contribution in [0.2, 0.25) is 0 Å². The van der Waals surface area contributed by atoms with E-state index in [1.54, 1.807) is 4.90 Å². The van der Waals surface area contributed by atoms with Crippen molar-refractivity contribution in [3.8, 4) is 0 Å². The van der Waals surface area contributed by atoms with E-state index in [1.807, 2.05) is 30.3 Å². The van der Waals surface area contributed by atoms with Gasteiger partial charge in [0, 0.05) is 13.1 Å². The Morgan fingerprint density at radius 2 is 1.95 bits per heavy atom. The summed E-state index contributed by atoms with van der Waals surface area (Å²) in [6.45, 7) is 1.26. The van der Waals surface area contributed by atoms with Crippen molar-refractivity contribution in [3.05, 3.63) is 35.9 Å². The van der Waals surface area contributed by atoms with Crippen molar-refractivity contribution >= 4 is 12.1 Å². The first-order chi connectivity index (χ1) is 9.66. The molecule has 0 saturated carbocycles. The first kappa shape index (κ1) is 14.4. The van der Waals surface area contributed by atoms with Gasteiger partial charge in [-0.3, -0.25) is 4.79 Å².